The van der Waals surface area contributed by atoms with Gasteiger partial charge in [-0.2, -0.15) is 5.10 Å². The summed E-state index contributed by atoms with van der Waals surface area (Å²) in [5, 5.41) is 19.9. The quantitative estimate of drug-likeness (QED) is 0.281. The van der Waals surface area contributed by atoms with Crippen molar-refractivity contribution in [1.29, 1.82) is 0 Å². The summed E-state index contributed by atoms with van der Waals surface area (Å²) < 4.78 is 0. The Hall–Kier alpha value is -2.03. The molecule has 4 atom stereocenters. The van der Waals surface area contributed by atoms with Crippen molar-refractivity contribution in [2.45, 2.75) is 63.6 Å². The number of hydrogen-bond acceptors (Lipinski definition) is 6. The molecule has 2 aliphatic heterocycles. The number of rotatable bonds is 5. The van der Waals surface area contributed by atoms with Crippen LogP contribution in [0.1, 0.15) is 56.1 Å². The summed E-state index contributed by atoms with van der Waals surface area (Å²) in [6.07, 6.45) is 8.85. The van der Waals surface area contributed by atoms with Crippen molar-refractivity contribution < 1.29 is 14.7 Å². The number of likely N-dealkylation sites (tertiary alicyclic amines) is 1. The maximum atomic E-state index is 13.4. The molecule has 5 N–H and O–H groups in total. The second-order valence-corrected chi connectivity index (χ2v) is 9.01. The first kappa shape index (κ1) is 27.2. The Balaban J connectivity index is 0.00000193. The van der Waals surface area contributed by atoms with Crippen LogP contribution in [0.3, 0.4) is 0 Å². The Bertz CT molecular complexity index is 851. The molecule has 3 aliphatic rings. The molecule has 33 heavy (non-hydrogen) atoms. The van der Waals surface area contributed by atoms with Gasteiger partial charge in [-0.25, -0.2) is 0 Å². The van der Waals surface area contributed by atoms with E-state index in [1.807, 2.05) is 6.07 Å². The minimum absolute atomic E-state index is 0. The third-order valence-electron chi connectivity index (χ3n) is 7.16. The number of phenols is 1. The summed E-state index contributed by atoms with van der Waals surface area (Å²) >= 11 is 0. The predicted molar refractivity (Wildman–Crippen MR) is 133 cm³/mol. The summed E-state index contributed by atoms with van der Waals surface area (Å²) in [5.41, 5.74) is 1.29. The molecular weight excluding hydrogens is 465 g/mol. The molecule has 1 aromatic carbocycles. The van der Waals surface area contributed by atoms with Crippen LogP contribution in [-0.2, 0) is 16.1 Å². The van der Waals surface area contributed by atoms with Crippen LogP contribution in [0.4, 0.5) is 0 Å². The first-order valence-corrected chi connectivity index (χ1v) is 11.4. The van der Waals surface area contributed by atoms with Gasteiger partial charge < -0.3 is 26.5 Å². The van der Waals surface area contributed by atoms with Crippen LogP contribution in [0.25, 0.3) is 0 Å². The fraction of sp³-hybridized carbons (Fsp3) is 0.609. The minimum Gasteiger partial charge on any atom is -0.507 e. The molecule has 3 fully saturated rings. The van der Waals surface area contributed by atoms with E-state index in [1.54, 1.807) is 17.0 Å². The van der Waals surface area contributed by atoms with Crippen LogP contribution in [0.5, 0.6) is 5.75 Å². The zero-order valence-corrected chi connectivity index (χ0v) is 20.4. The van der Waals surface area contributed by atoms with E-state index in [0.29, 0.717) is 30.4 Å². The van der Waals surface area contributed by atoms with Crippen molar-refractivity contribution in [3.05, 3.63) is 29.3 Å². The smallest absolute Gasteiger partial charge is 0.243 e. The first-order valence-electron chi connectivity index (χ1n) is 11.4. The average molecular weight is 500 g/mol. The zero-order chi connectivity index (χ0) is 21.8. The third kappa shape index (κ3) is 6.11. The van der Waals surface area contributed by atoms with Crippen molar-refractivity contribution >= 4 is 42.8 Å². The Kier molecular flexibility index (Phi) is 10.3. The van der Waals surface area contributed by atoms with E-state index < -0.39 is 6.04 Å². The Morgan fingerprint density at radius 2 is 1.97 bits per heavy atom. The lowest BCUT2D eigenvalue weighted by Gasteiger charge is -2.43. The van der Waals surface area contributed by atoms with Gasteiger partial charge in [0.1, 0.15) is 11.8 Å². The molecule has 0 unspecified atom stereocenters. The van der Waals surface area contributed by atoms with Crippen LogP contribution in [0.2, 0.25) is 0 Å². The van der Waals surface area contributed by atoms with Gasteiger partial charge in [0.05, 0.1) is 12.3 Å². The summed E-state index contributed by atoms with van der Waals surface area (Å²) in [6, 6.07) is 4.53. The number of nitrogens with two attached hydrogens (primary N) is 1. The van der Waals surface area contributed by atoms with Gasteiger partial charge in [-0.15, -0.1) is 24.8 Å². The van der Waals surface area contributed by atoms with Crippen molar-refractivity contribution in [2.24, 2.45) is 22.8 Å². The molecule has 4 rings (SSSR count). The molecular formula is C23H35Cl2N5O3. The van der Waals surface area contributed by atoms with Crippen LogP contribution in [0.15, 0.2) is 23.3 Å². The molecule has 2 amide bonds. The molecule has 0 radical (unpaired) electrons. The molecule has 1 aromatic rings. The minimum atomic E-state index is -0.421. The molecule has 8 nitrogen and oxygen atoms in total. The van der Waals surface area contributed by atoms with Crippen molar-refractivity contribution in [1.82, 2.24) is 15.5 Å². The number of hydrazone groups is 1. The topological polar surface area (TPSA) is 120 Å². The molecule has 2 saturated heterocycles. The number of nitrogens with zero attached hydrogens (tertiary/aromatic N) is 2. The summed E-state index contributed by atoms with van der Waals surface area (Å²) in [7, 11) is 0. The maximum absolute atomic E-state index is 13.4. The van der Waals surface area contributed by atoms with E-state index in [0.717, 1.165) is 31.4 Å². The highest BCUT2D eigenvalue weighted by molar-refractivity contribution is 5.90. The van der Waals surface area contributed by atoms with Gasteiger partial charge in [0.25, 0.3) is 0 Å². The number of carbonyl (C=O) groups excluding carboxylic acids is 2. The molecule has 0 bridgehead atoms. The SMILES string of the molecule is Cl.Cl.NN=Cc1ccc(CNC(=O)[C@@H]2CCCN2C(=O)[C@@H]2NCC[C@H]3CCCC[C@H]32)cc1O. The van der Waals surface area contributed by atoms with E-state index in [9.17, 15) is 14.7 Å². The number of carbonyl (C=O) groups is 2. The number of piperidine rings is 1. The monoisotopic (exact) mass is 499 g/mol. The first-order chi connectivity index (χ1) is 15.1. The average Bonchev–Trinajstić information content (AvgIpc) is 3.28. The standard InChI is InChI=1S/C23H33N5O3.2ClH/c24-27-14-17-8-7-15(12-20(17)29)13-26-22(30)19-6-3-11-28(19)23(31)21-18-5-2-1-4-16(18)9-10-25-21;;/h7-8,12,14,16,18-19,21,25,29H,1-6,9-11,13,24H2,(H,26,30);2*1H/t16-,18-,19+,21-;;/m1../s1. The molecule has 184 valence electrons. The van der Waals surface area contributed by atoms with Gasteiger partial charge >= 0.3 is 0 Å². The molecule has 10 heteroatoms. The zero-order valence-electron chi connectivity index (χ0n) is 18.7. The van der Waals surface area contributed by atoms with E-state index in [-0.39, 0.29) is 55.0 Å². The molecule has 0 aromatic heterocycles. The van der Waals surface area contributed by atoms with E-state index in [4.69, 9.17) is 5.84 Å². The van der Waals surface area contributed by atoms with Gasteiger partial charge in [0.15, 0.2) is 0 Å². The van der Waals surface area contributed by atoms with E-state index in [2.05, 4.69) is 15.7 Å². The highest BCUT2D eigenvalue weighted by Gasteiger charge is 2.43. The molecule has 0 spiro atoms. The lowest BCUT2D eigenvalue weighted by molar-refractivity contribution is -0.142. The third-order valence-corrected chi connectivity index (χ3v) is 7.16. The Morgan fingerprint density at radius 1 is 1.18 bits per heavy atom. The number of benzene rings is 1. The van der Waals surface area contributed by atoms with Crippen molar-refractivity contribution in [3.8, 4) is 5.75 Å². The number of nitrogens with one attached hydrogen (secondary N) is 2. The van der Waals surface area contributed by atoms with Gasteiger partial charge in [-0.05, 0) is 61.8 Å². The number of halogens is 2. The summed E-state index contributed by atoms with van der Waals surface area (Å²) in [5.74, 6) is 6.19. The molecule has 2 heterocycles. The van der Waals surface area contributed by atoms with E-state index in [1.165, 1.54) is 25.5 Å². The highest BCUT2D eigenvalue weighted by atomic mass is 35.5. The normalized spacial score (nSPS) is 26.7. The Morgan fingerprint density at radius 3 is 2.73 bits per heavy atom. The van der Waals surface area contributed by atoms with Crippen LogP contribution in [0, 0.1) is 11.8 Å². The van der Waals surface area contributed by atoms with E-state index >= 15 is 0 Å². The predicted octanol–water partition coefficient (Wildman–Crippen LogP) is 2.30. The summed E-state index contributed by atoms with van der Waals surface area (Å²) in [6.45, 7) is 1.81. The second-order valence-electron chi connectivity index (χ2n) is 9.01. The number of fused-ring (bicyclic) bond motifs is 1. The largest absolute Gasteiger partial charge is 0.507 e. The molecule has 1 saturated carbocycles. The summed E-state index contributed by atoms with van der Waals surface area (Å²) in [4.78, 5) is 28.1. The highest BCUT2D eigenvalue weighted by Crippen LogP contribution is 2.38. The number of amides is 2. The maximum Gasteiger partial charge on any atom is 0.243 e. The van der Waals surface area contributed by atoms with Gasteiger partial charge in [0, 0.05) is 18.7 Å². The van der Waals surface area contributed by atoms with Crippen molar-refractivity contribution in [3.63, 3.8) is 0 Å². The van der Waals surface area contributed by atoms with Crippen LogP contribution in [-0.4, -0.2) is 53.2 Å². The van der Waals surface area contributed by atoms with Crippen molar-refractivity contribution in [2.75, 3.05) is 13.1 Å². The number of phenolic OH excluding ortho intramolecular Hbond substituents is 1. The fourth-order valence-electron chi connectivity index (χ4n) is 5.56. The fourth-order valence-corrected chi connectivity index (χ4v) is 5.56. The van der Waals surface area contributed by atoms with Gasteiger partial charge in [-0.3, -0.25) is 9.59 Å². The van der Waals surface area contributed by atoms with Crippen LogP contribution >= 0.6 is 24.8 Å². The van der Waals surface area contributed by atoms with Gasteiger partial charge in [0.2, 0.25) is 11.8 Å². The number of aromatic hydroxyl groups is 1. The lowest BCUT2D eigenvalue weighted by Crippen LogP contribution is -2.58. The molecule has 1 aliphatic carbocycles. The van der Waals surface area contributed by atoms with Gasteiger partial charge in [-0.1, -0.05) is 25.3 Å². The number of hydrogen-bond donors (Lipinski definition) is 4. The lowest BCUT2D eigenvalue weighted by atomic mass is 9.71. The second kappa shape index (κ2) is 12.4. The van der Waals surface area contributed by atoms with Crippen LogP contribution < -0.4 is 16.5 Å². The Labute approximate surface area is 207 Å².